The number of rotatable bonds is 3. The van der Waals surface area contributed by atoms with Crippen molar-refractivity contribution in [2.75, 3.05) is 13.6 Å². The number of likely N-dealkylation sites (tertiary alicyclic amines) is 1. The van der Waals surface area contributed by atoms with Gasteiger partial charge in [-0.15, -0.1) is 0 Å². The Labute approximate surface area is 129 Å². The van der Waals surface area contributed by atoms with E-state index in [1.54, 1.807) is 0 Å². The zero-order chi connectivity index (χ0) is 15.3. The largest absolute Gasteiger partial charge is 0.361 e. The lowest BCUT2D eigenvalue weighted by Crippen LogP contribution is -2.49. The summed E-state index contributed by atoms with van der Waals surface area (Å²) in [4.78, 5) is 28.5. The number of fused-ring (bicyclic) bond motifs is 2. The van der Waals surface area contributed by atoms with Crippen LogP contribution in [0.3, 0.4) is 0 Å². The first-order valence-electron chi connectivity index (χ1n) is 7.94. The zero-order valence-electron chi connectivity index (χ0n) is 12.7. The molecule has 1 saturated heterocycles. The van der Waals surface area contributed by atoms with Crippen molar-refractivity contribution in [1.29, 1.82) is 0 Å². The van der Waals surface area contributed by atoms with E-state index in [-0.39, 0.29) is 18.1 Å². The highest BCUT2D eigenvalue weighted by atomic mass is 16.1. The van der Waals surface area contributed by atoms with Gasteiger partial charge in [-0.1, -0.05) is 12.1 Å². The Kier molecular flexibility index (Phi) is 3.15. The van der Waals surface area contributed by atoms with Crippen LogP contribution in [-0.4, -0.2) is 41.6 Å². The van der Waals surface area contributed by atoms with Gasteiger partial charge in [0.1, 0.15) is 12.1 Å². The molecule has 0 saturated carbocycles. The van der Waals surface area contributed by atoms with Crippen LogP contribution in [0.5, 0.6) is 0 Å². The van der Waals surface area contributed by atoms with Crippen LogP contribution in [0.2, 0.25) is 0 Å². The van der Waals surface area contributed by atoms with Gasteiger partial charge < -0.3 is 14.7 Å². The Balaban J connectivity index is 1.75. The zero-order valence-corrected chi connectivity index (χ0v) is 12.7. The monoisotopic (exact) mass is 296 g/mol. The van der Waals surface area contributed by atoms with Crippen molar-refractivity contribution in [2.45, 2.75) is 31.2 Å². The lowest BCUT2D eigenvalue weighted by Gasteiger charge is -2.45. The standard InChI is InChI=1S/C18H20N2O2/c1-20-10-12(17(22)5-6-21)7-14-13-3-2-4-15-18(13)11(9-19-15)8-16(14)20/h2-4,6,9,12,14,16,19H,5,7-8,10H2,1H3/t12-,14-,16-/m1/s1. The number of carbonyl (C=O) groups excluding carboxylic acids is 2. The van der Waals surface area contributed by atoms with Crippen LogP contribution in [0.4, 0.5) is 0 Å². The average Bonchev–Trinajstić information content (AvgIpc) is 2.93. The smallest absolute Gasteiger partial charge is 0.144 e. The molecule has 0 spiro atoms. The number of Topliss-reactive ketones (excluding diaryl/α,β-unsaturated/α-hetero) is 1. The predicted octanol–water partition coefficient (Wildman–Crippen LogP) is 2.29. The molecule has 4 heteroatoms. The fraction of sp³-hybridized carbons (Fsp3) is 0.444. The third-order valence-corrected chi connectivity index (χ3v) is 5.47. The second-order valence-electron chi connectivity index (χ2n) is 6.67. The second kappa shape index (κ2) is 5.06. The van der Waals surface area contributed by atoms with Gasteiger partial charge in [0.05, 0.1) is 6.42 Å². The van der Waals surface area contributed by atoms with E-state index in [4.69, 9.17) is 0 Å². The number of hydrogen-bond acceptors (Lipinski definition) is 3. The number of H-pyrrole nitrogens is 1. The van der Waals surface area contributed by atoms with E-state index in [0.29, 0.717) is 12.0 Å². The van der Waals surface area contributed by atoms with E-state index in [1.807, 2.05) is 0 Å². The number of aldehydes is 1. The van der Waals surface area contributed by atoms with Crippen LogP contribution < -0.4 is 0 Å². The Hall–Kier alpha value is -1.94. The molecule has 1 aromatic carbocycles. The lowest BCUT2D eigenvalue weighted by molar-refractivity contribution is -0.127. The highest BCUT2D eigenvalue weighted by Gasteiger charge is 2.40. The number of aromatic nitrogens is 1. The summed E-state index contributed by atoms with van der Waals surface area (Å²) >= 11 is 0. The quantitative estimate of drug-likeness (QED) is 0.698. The van der Waals surface area contributed by atoms with Gasteiger partial charge in [-0.25, -0.2) is 0 Å². The Bertz CT molecular complexity index is 749. The average molecular weight is 296 g/mol. The van der Waals surface area contributed by atoms with Crippen LogP contribution in [0.15, 0.2) is 24.4 Å². The highest BCUT2D eigenvalue weighted by molar-refractivity contribution is 5.92. The molecular weight excluding hydrogens is 276 g/mol. The molecule has 4 nitrogen and oxygen atoms in total. The summed E-state index contributed by atoms with van der Waals surface area (Å²) in [6.45, 7) is 0.767. The number of ketones is 1. The summed E-state index contributed by atoms with van der Waals surface area (Å²) < 4.78 is 0. The van der Waals surface area contributed by atoms with Crippen LogP contribution in [0, 0.1) is 5.92 Å². The molecule has 0 radical (unpaired) electrons. The minimum Gasteiger partial charge on any atom is -0.361 e. The first-order chi connectivity index (χ1) is 10.7. The maximum atomic E-state index is 12.2. The third kappa shape index (κ3) is 1.94. The van der Waals surface area contributed by atoms with E-state index < -0.39 is 0 Å². The van der Waals surface area contributed by atoms with Crippen molar-refractivity contribution in [3.8, 4) is 0 Å². The normalized spacial score (nSPS) is 27.6. The summed E-state index contributed by atoms with van der Waals surface area (Å²) in [5.41, 5.74) is 3.94. The number of likely N-dealkylation sites (N-methyl/N-ethyl adjacent to an activating group) is 1. The summed E-state index contributed by atoms with van der Waals surface area (Å²) in [7, 11) is 2.11. The van der Waals surface area contributed by atoms with E-state index >= 15 is 0 Å². The molecule has 2 aliphatic rings. The molecule has 2 heterocycles. The lowest BCUT2D eigenvalue weighted by atomic mass is 9.71. The van der Waals surface area contributed by atoms with Gasteiger partial charge in [0.2, 0.25) is 0 Å². The van der Waals surface area contributed by atoms with E-state index in [2.05, 4.69) is 41.3 Å². The van der Waals surface area contributed by atoms with Crippen molar-refractivity contribution in [3.05, 3.63) is 35.5 Å². The first-order valence-corrected chi connectivity index (χ1v) is 7.94. The summed E-state index contributed by atoms with van der Waals surface area (Å²) in [6, 6.07) is 6.87. The molecule has 114 valence electrons. The fourth-order valence-corrected chi connectivity index (χ4v) is 4.42. The second-order valence-corrected chi connectivity index (χ2v) is 6.67. The van der Waals surface area contributed by atoms with Gasteiger partial charge in [0.25, 0.3) is 0 Å². The van der Waals surface area contributed by atoms with Gasteiger partial charge >= 0.3 is 0 Å². The summed E-state index contributed by atoms with van der Waals surface area (Å²) in [5.74, 6) is 0.450. The highest BCUT2D eigenvalue weighted by Crippen LogP contribution is 2.44. The molecule has 0 amide bonds. The minimum absolute atomic E-state index is 0.0211. The third-order valence-electron chi connectivity index (χ3n) is 5.47. The summed E-state index contributed by atoms with van der Waals surface area (Å²) in [6.07, 6.45) is 4.82. The fourth-order valence-electron chi connectivity index (χ4n) is 4.42. The number of carbonyl (C=O) groups is 2. The van der Waals surface area contributed by atoms with Crippen LogP contribution in [-0.2, 0) is 16.0 Å². The Morgan fingerprint density at radius 3 is 3.14 bits per heavy atom. The molecular formula is C18H20N2O2. The first kappa shape index (κ1) is 13.7. The molecule has 2 aromatic rings. The van der Waals surface area contributed by atoms with Crippen LogP contribution in [0.1, 0.15) is 29.9 Å². The molecule has 3 atom stereocenters. The molecule has 0 bridgehead atoms. The molecule has 1 aliphatic carbocycles. The van der Waals surface area contributed by atoms with Crippen molar-refractivity contribution < 1.29 is 9.59 Å². The van der Waals surface area contributed by atoms with Crippen molar-refractivity contribution in [2.24, 2.45) is 5.92 Å². The van der Waals surface area contributed by atoms with Gasteiger partial charge in [0, 0.05) is 41.5 Å². The number of aromatic amines is 1. The summed E-state index contributed by atoms with van der Waals surface area (Å²) in [5, 5.41) is 1.35. The van der Waals surface area contributed by atoms with E-state index in [1.165, 1.54) is 22.0 Å². The SMILES string of the molecule is CN1C[C@H](C(=O)CC=O)C[C@@H]2c3cccc4[nH]cc(c34)C[C@H]21. The van der Waals surface area contributed by atoms with Crippen LogP contribution >= 0.6 is 0 Å². The molecule has 0 unspecified atom stereocenters. The Morgan fingerprint density at radius 2 is 2.32 bits per heavy atom. The van der Waals surface area contributed by atoms with E-state index in [9.17, 15) is 9.59 Å². The number of benzene rings is 1. The Morgan fingerprint density at radius 1 is 1.45 bits per heavy atom. The number of piperidine rings is 1. The predicted molar refractivity (Wildman–Crippen MR) is 85.0 cm³/mol. The molecule has 22 heavy (non-hydrogen) atoms. The van der Waals surface area contributed by atoms with Crippen molar-refractivity contribution in [3.63, 3.8) is 0 Å². The topological polar surface area (TPSA) is 53.2 Å². The molecule has 1 fully saturated rings. The van der Waals surface area contributed by atoms with Gasteiger partial charge in [-0.3, -0.25) is 4.79 Å². The molecule has 1 aliphatic heterocycles. The molecule has 1 N–H and O–H groups in total. The number of nitrogens with zero attached hydrogens (tertiary/aromatic N) is 1. The number of hydrogen-bond donors (Lipinski definition) is 1. The molecule has 1 aromatic heterocycles. The number of nitrogens with one attached hydrogen (secondary N) is 1. The van der Waals surface area contributed by atoms with Crippen LogP contribution in [0.25, 0.3) is 10.9 Å². The van der Waals surface area contributed by atoms with Crippen molar-refractivity contribution >= 4 is 23.0 Å². The van der Waals surface area contributed by atoms with E-state index in [0.717, 1.165) is 25.7 Å². The molecule has 4 rings (SSSR count). The maximum absolute atomic E-state index is 12.2. The minimum atomic E-state index is -0.0211. The van der Waals surface area contributed by atoms with Gasteiger partial charge in [0.15, 0.2) is 0 Å². The maximum Gasteiger partial charge on any atom is 0.144 e. The van der Waals surface area contributed by atoms with Gasteiger partial charge in [-0.05, 0) is 37.1 Å². The van der Waals surface area contributed by atoms with Gasteiger partial charge in [-0.2, -0.15) is 0 Å². The van der Waals surface area contributed by atoms with Crippen molar-refractivity contribution in [1.82, 2.24) is 9.88 Å².